The number of carbonyl (C=O) groups is 1. The third kappa shape index (κ3) is 5.64. The maximum absolute atomic E-state index is 10.9. The van der Waals surface area contributed by atoms with E-state index in [-0.39, 0.29) is 11.2 Å². The van der Waals surface area contributed by atoms with Gasteiger partial charge in [-0.15, -0.1) is 18.2 Å². The van der Waals surface area contributed by atoms with E-state index >= 15 is 0 Å². The molecule has 0 aliphatic heterocycles. The summed E-state index contributed by atoms with van der Waals surface area (Å²) in [5, 5.41) is -0.0655. The van der Waals surface area contributed by atoms with Gasteiger partial charge in [0.15, 0.2) is 0 Å². The van der Waals surface area contributed by atoms with Crippen LogP contribution in [0.15, 0.2) is 23.8 Å². The Morgan fingerprint density at radius 1 is 1.46 bits per heavy atom. The molecule has 0 aromatic carbocycles. The predicted molar refractivity (Wildman–Crippen MR) is 58.1 cm³/mol. The number of rotatable bonds is 5. The van der Waals surface area contributed by atoms with E-state index in [2.05, 4.69) is 6.58 Å². The Hall–Kier alpha value is -0.560. The van der Waals surface area contributed by atoms with Crippen LogP contribution in [0.4, 0.5) is 0 Å². The van der Waals surface area contributed by atoms with Crippen LogP contribution in [0.1, 0.15) is 33.6 Å². The monoisotopic (exact) mass is 200 g/mol. The van der Waals surface area contributed by atoms with E-state index in [0.29, 0.717) is 6.42 Å². The molecule has 1 nitrogen and oxygen atoms in total. The van der Waals surface area contributed by atoms with Gasteiger partial charge in [0.2, 0.25) is 0 Å². The predicted octanol–water partition coefficient (Wildman–Crippen LogP) is 3.49. The topological polar surface area (TPSA) is 17.1 Å². The van der Waals surface area contributed by atoms with Gasteiger partial charge in [-0.2, -0.15) is 0 Å². The Morgan fingerprint density at radius 2 is 2.00 bits per heavy atom. The van der Waals surface area contributed by atoms with Crippen LogP contribution in [0.2, 0.25) is 0 Å². The van der Waals surface area contributed by atoms with Crippen molar-refractivity contribution < 1.29 is 4.79 Å². The quantitative estimate of drug-likeness (QED) is 0.491. The minimum absolute atomic E-state index is 0.0655. The van der Waals surface area contributed by atoms with E-state index in [0.717, 1.165) is 12.0 Å². The van der Waals surface area contributed by atoms with Crippen molar-refractivity contribution in [3.05, 3.63) is 23.8 Å². The average Bonchev–Trinajstić information content (AvgIpc) is 2.02. The van der Waals surface area contributed by atoms with Gasteiger partial charge < -0.3 is 0 Å². The lowest BCUT2D eigenvalue weighted by molar-refractivity contribution is -0.116. The van der Waals surface area contributed by atoms with Crippen LogP contribution in [0.3, 0.4) is 0 Å². The maximum atomic E-state index is 10.9. The Labute approximate surface area is 85.5 Å². The third-order valence-electron chi connectivity index (χ3n) is 1.87. The van der Waals surface area contributed by atoms with E-state index in [1.807, 2.05) is 13.8 Å². The largest absolute Gasteiger partial charge is 0.300 e. The van der Waals surface area contributed by atoms with Gasteiger partial charge in [0, 0.05) is 6.42 Å². The Bertz CT molecular complexity index is 224. The maximum Gasteiger partial charge on any atom is 0.133 e. The summed E-state index contributed by atoms with van der Waals surface area (Å²) in [4.78, 5) is 10.9. The number of hydrogen-bond donors (Lipinski definition) is 0. The van der Waals surface area contributed by atoms with Crippen LogP contribution < -0.4 is 0 Å². The first-order valence-corrected chi connectivity index (χ1v) is 4.82. The second-order valence-electron chi connectivity index (χ2n) is 3.44. The molecule has 0 spiro atoms. The third-order valence-corrected chi connectivity index (χ3v) is 2.20. The molecule has 0 amide bonds. The SMILES string of the molecule is C=CC(Cl)CC(CC(C)=O)=C(C)C. The summed E-state index contributed by atoms with van der Waals surface area (Å²) in [5.41, 5.74) is 2.31. The van der Waals surface area contributed by atoms with Gasteiger partial charge in [-0.25, -0.2) is 0 Å². The van der Waals surface area contributed by atoms with E-state index in [1.54, 1.807) is 13.0 Å². The molecular weight excluding hydrogens is 184 g/mol. The first-order chi connectivity index (χ1) is 5.97. The lowest BCUT2D eigenvalue weighted by Gasteiger charge is -2.09. The van der Waals surface area contributed by atoms with Crippen LogP contribution in [-0.4, -0.2) is 11.2 Å². The number of ketones is 1. The molecule has 0 aromatic rings. The van der Waals surface area contributed by atoms with E-state index in [4.69, 9.17) is 11.6 Å². The van der Waals surface area contributed by atoms with Gasteiger partial charge >= 0.3 is 0 Å². The van der Waals surface area contributed by atoms with Crippen LogP contribution in [-0.2, 0) is 4.79 Å². The highest BCUT2D eigenvalue weighted by atomic mass is 35.5. The second-order valence-corrected chi connectivity index (χ2v) is 4.00. The van der Waals surface area contributed by atoms with Crippen LogP contribution in [0.5, 0.6) is 0 Å². The minimum Gasteiger partial charge on any atom is -0.300 e. The molecule has 0 saturated carbocycles. The Kier molecular flexibility index (Phi) is 5.72. The molecule has 13 heavy (non-hydrogen) atoms. The number of halogens is 1. The van der Waals surface area contributed by atoms with Gasteiger partial charge in [-0.3, -0.25) is 4.79 Å². The van der Waals surface area contributed by atoms with Crippen molar-refractivity contribution in [2.24, 2.45) is 0 Å². The van der Waals surface area contributed by atoms with E-state index < -0.39 is 0 Å². The van der Waals surface area contributed by atoms with Crippen molar-refractivity contribution in [1.29, 1.82) is 0 Å². The van der Waals surface area contributed by atoms with E-state index in [9.17, 15) is 4.79 Å². The zero-order valence-electron chi connectivity index (χ0n) is 8.56. The lowest BCUT2D eigenvalue weighted by atomic mass is 10.00. The fourth-order valence-electron chi connectivity index (χ4n) is 1.07. The molecule has 0 aliphatic carbocycles. The molecule has 1 atom stereocenters. The Balaban J connectivity index is 4.37. The summed E-state index contributed by atoms with van der Waals surface area (Å²) in [6.07, 6.45) is 2.94. The molecule has 0 fully saturated rings. The fraction of sp³-hybridized carbons (Fsp3) is 0.545. The van der Waals surface area contributed by atoms with Gasteiger partial charge in [-0.1, -0.05) is 17.2 Å². The molecule has 0 aromatic heterocycles. The highest BCUT2D eigenvalue weighted by Crippen LogP contribution is 2.19. The van der Waals surface area contributed by atoms with Gasteiger partial charge in [0.25, 0.3) is 0 Å². The zero-order valence-corrected chi connectivity index (χ0v) is 9.32. The molecule has 74 valence electrons. The molecule has 0 heterocycles. The second kappa shape index (κ2) is 5.98. The number of allylic oxidation sites excluding steroid dienone is 3. The molecule has 2 heteroatoms. The first-order valence-electron chi connectivity index (χ1n) is 4.38. The minimum atomic E-state index is -0.0655. The highest BCUT2D eigenvalue weighted by molar-refractivity contribution is 6.21. The van der Waals surface area contributed by atoms with Crippen molar-refractivity contribution in [3.63, 3.8) is 0 Å². The number of alkyl halides is 1. The summed E-state index contributed by atoms with van der Waals surface area (Å²) >= 11 is 5.92. The van der Waals surface area contributed by atoms with Crippen LogP contribution in [0, 0.1) is 0 Å². The van der Waals surface area contributed by atoms with Crippen molar-refractivity contribution in [2.45, 2.75) is 39.0 Å². The molecule has 0 rings (SSSR count). The lowest BCUT2D eigenvalue weighted by Crippen LogP contribution is -2.02. The molecule has 0 aliphatic rings. The Morgan fingerprint density at radius 3 is 2.31 bits per heavy atom. The summed E-state index contributed by atoms with van der Waals surface area (Å²) in [6.45, 7) is 9.22. The summed E-state index contributed by atoms with van der Waals surface area (Å²) < 4.78 is 0. The standard InChI is InChI=1S/C11H17ClO/c1-5-11(12)7-10(8(2)3)6-9(4)13/h5,11H,1,6-7H2,2-4H3. The van der Waals surface area contributed by atoms with Gasteiger partial charge in [0.1, 0.15) is 5.78 Å². The number of hydrogen-bond acceptors (Lipinski definition) is 1. The van der Waals surface area contributed by atoms with Crippen LogP contribution in [0.25, 0.3) is 0 Å². The molecule has 0 saturated heterocycles. The van der Waals surface area contributed by atoms with Crippen molar-refractivity contribution in [3.8, 4) is 0 Å². The van der Waals surface area contributed by atoms with Gasteiger partial charge in [-0.05, 0) is 27.2 Å². The van der Waals surface area contributed by atoms with Crippen LogP contribution >= 0.6 is 11.6 Å². The van der Waals surface area contributed by atoms with Crippen molar-refractivity contribution in [1.82, 2.24) is 0 Å². The van der Waals surface area contributed by atoms with Gasteiger partial charge in [0.05, 0.1) is 5.38 Å². The molecule has 1 unspecified atom stereocenters. The van der Waals surface area contributed by atoms with Crippen molar-refractivity contribution >= 4 is 17.4 Å². The summed E-state index contributed by atoms with van der Waals surface area (Å²) in [6, 6.07) is 0. The molecule has 0 radical (unpaired) electrons. The zero-order chi connectivity index (χ0) is 10.4. The van der Waals surface area contributed by atoms with E-state index in [1.165, 1.54) is 5.57 Å². The molecule has 0 bridgehead atoms. The molecule has 0 N–H and O–H groups in total. The summed E-state index contributed by atoms with van der Waals surface area (Å²) in [5.74, 6) is 0.184. The van der Waals surface area contributed by atoms with Crippen molar-refractivity contribution in [2.75, 3.05) is 0 Å². The number of carbonyl (C=O) groups excluding carboxylic acids is 1. The summed E-state index contributed by atoms with van der Waals surface area (Å²) in [7, 11) is 0. The smallest absolute Gasteiger partial charge is 0.133 e. The average molecular weight is 201 g/mol. The first kappa shape index (κ1) is 12.4. The highest BCUT2D eigenvalue weighted by Gasteiger charge is 2.07. The fourth-order valence-corrected chi connectivity index (χ4v) is 1.26. The number of Topliss-reactive ketones (excluding diaryl/α,β-unsaturated/α-hetero) is 1. The normalized spacial score (nSPS) is 12.0. The molecular formula is C11H17ClO.